The molecule has 5 rings (SSSR count). The number of carbonyl (C=O) groups is 2. The molecule has 1 fully saturated rings. The van der Waals surface area contributed by atoms with E-state index < -0.39 is 17.7 Å². The molecule has 0 aliphatic carbocycles. The van der Waals surface area contributed by atoms with E-state index in [0.29, 0.717) is 44.2 Å². The molecule has 12 heteroatoms. The number of aliphatic hydroxyl groups excluding tert-OH is 1. The predicted molar refractivity (Wildman–Crippen MR) is 159 cm³/mol. The van der Waals surface area contributed by atoms with Crippen LogP contribution in [0.5, 0.6) is 5.75 Å². The quantitative estimate of drug-likeness (QED) is 0.0667. The summed E-state index contributed by atoms with van der Waals surface area (Å²) in [5, 5.41) is 20.4. The molecule has 0 spiro atoms. The maximum absolute atomic E-state index is 14.1. The van der Waals surface area contributed by atoms with Gasteiger partial charge >= 0.3 is 5.91 Å². The number of benzene rings is 3. The third-order valence-corrected chi connectivity index (χ3v) is 8.88. The second-order valence-electron chi connectivity index (χ2n) is 8.94. The van der Waals surface area contributed by atoms with Crippen molar-refractivity contribution in [3.8, 4) is 5.75 Å². The molecule has 1 aliphatic heterocycles. The summed E-state index contributed by atoms with van der Waals surface area (Å²) in [6.45, 7) is 2.53. The molecular formula is C29H22Cl2FN3O4S2. The van der Waals surface area contributed by atoms with Crippen molar-refractivity contribution in [2.45, 2.75) is 29.5 Å². The number of Topliss-reactive ketones (excluding diaryl/α,β-unsaturated/α-hetero) is 1. The molecule has 210 valence electrons. The number of thioether (sulfide) groups is 1. The summed E-state index contributed by atoms with van der Waals surface area (Å²) >= 11 is 15.0. The zero-order valence-corrected chi connectivity index (χ0v) is 24.7. The Kier molecular flexibility index (Phi) is 8.94. The number of halogens is 3. The normalized spacial score (nSPS) is 16.4. The number of aliphatic hydroxyl groups is 1. The fraction of sp³-hybridized carbons (Fsp3) is 0.172. The molecule has 7 nitrogen and oxygen atoms in total. The van der Waals surface area contributed by atoms with Gasteiger partial charge in [0.2, 0.25) is 5.13 Å². The number of rotatable bonds is 9. The molecule has 1 aromatic heterocycles. The molecule has 2 heterocycles. The summed E-state index contributed by atoms with van der Waals surface area (Å²) < 4.78 is 20.2. The van der Waals surface area contributed by atoms with Crippen molar-refractivity contribution >= 4 is 68.9 Å². The molecule has 41 heavy (non-hydrogen) atoms. The number of aromatic nitrogens is 2. The summed E-state index contributed by atoms with van der Waals surface area (Å²) in [5.41, 5.74) is 1.03. The van der Waals surface area contributed by atoms with E-state index in [0.717, 1.165) is 17.8 Å². The van der Waals surface area contributed by atoms with Gasteiger partial charge in [0.1, 0.15) is 17.3 Å². The third kappa shape index (κ3) is 6.11. The van der Waals surface area contributed by atoms with Gasteiger partial charge in [0.25, 0.3) is 5.78 Å². The van der Waals surface area contributed by atoms with Crippen molar-refractivity contribution in [1.82, 2.24) is 10.2 Å². The van der Waals surface area contributed by atoms with E-state index in [1.807, 2.05) is 6.92 Å². The Hall–Kier alpha value is -3.44. The van der Waals surface area contributed by atoms with Gasteiger partial charge in [-0.25, -0.2) is 4.39 Å². The number of nitrogens with zero attached hydrogens (tertiary/aromatic N) is 3. The molecule has 1 amide bonds. The van der Waals surface area contributed by atoms with E-state index in [9.17, 15) is 19.1 Å². The fourth-order valence-corrected chi connectivity index (χ4v) is 6.61. The van der Waals surface area contributed by atoms with E-state index in [-0.39, 0.29) is 27.3 Å². The Morgan fingerprint density at radius 3 is 2.56 bits per heavy atom. The van der Waals surface area contributed by atoms with Crippen LogP contribution in [-0.4, -0.2) is 33.6 Å². The molecule has 1 N–H and O–H groups in total. The highest BCUT2D eigenvalue weighted by atomic mass is 35.5. The maximum Gasteiger partial charge on any atom is 0.301 e. The van der Waals surface area contributed by atoms with Gasteiger partial charge in [0, 0.05) is 21.4 Å². The highest BCUT2D eigenvalue weighted by Crippen LogP contribution is 2.46. The van der Waals surface area contributed by atoms with Gasteiger partial charge in [-0.05, 0) is 60.0 Å². The summed E-state index contributed by atoms with van der Waals surface area (Å²) in [5.74, 6) is -1.60. The van der Waals surface area contributed by atoms with Gasteiger partial charge in [-0.2, -0.15) is 0 Å². The average Bonchev–Trinajstić information content (AvgIpc) is 3.53. The van der Waals surface area contributed by atoms with Crippen molar-refractivity contribution in [2.75, 3.05) is 11.5 Å². The largest absolute Gasteiger partial charge is 0.507 e. The van der Waals surface area contributed by atoms with E-state index in [2.05, 4.69) is 10.2 Å². The SMILES string of the molecule is CCCOc1ccc(/C(O)=C2/C(=O)C(=O)N(c3nnc(SCc4ccccc4F)s3)C2c2ccc(Cl)cc2Cl)cc1. The van der Waals surface area contributed by atoms with Gasteiger partial charge in [0.15, 0.2) is 4.34 Å². The second kappa shape index (κ2) is 12.6. The van der Waals surface area contributed by atoms with Gasteiger partial charge in [-0.1, -0.05) is 77.5 Å². The Labute approximate surface area is 253 Å². The molecule has 1 saturated heterocycles. The number of ketones is 1. The predicted octanol–water partition coefficient (Wildman–Crippen LogP) is 7.69. The van der Waals surface area contributed by atoms with Crippen LogP contribution < -0.4 is 9.64 Å². The molecule has 4 aromatic rings. The molecule has 0 bridgehead atoms. The van der Waals surface area contributed by atoms with Crippen LogP contribution in [0.3, 0.4) is 0 Å². The number of amides is 1. The van der Waals surface area contributed by atoms with Crippen LogP contribution in [0.25, 0.3) is 5.76 Å². The minimum atomic E-state index is -1.10. The number of carbonyl (C=O) groups excluding carboxylic acids is 2. The van der Waals surface area contributed by atoms with Crippen LogP contribution in [-0.2, 0) is 15.3 Å². The smallest absolute Gasteiger partial charge is 0.301 e. The highest BCUT2D eigenvalue weighted by molar-refractivity contribution is 8.00. The van der Waals surface area contributed by atoms with Crippen molar-refractivity contribution < 1.29 is 23.8 Å². The zero-order valence-electron chi connectivity index (χ0n) is 21.5. The number of anilines is 1. The minimum absolute atomic E-state index is 0.126. The van der Waals surface area contributed by atoms with E-state index in [1.165, 1.54) is 28.8 Å². The van der Waals surface area contributed by atoms with Crippen molar-refractivity contribution in [1.29, 1.82) is 0 Å². The molecule has 0 saturated carbocycles. The molecule has 3 aromatic carbocycles. The van der Waals surface area contributed by atoms with Crippen molar-refractivity contribution in [3.05, 3.63) is 105 Å². The van der Waals surface area contributed by atoms with Crippen LogP contribution in [0.2, 0.25) is 10.0 Å². The van der Waals surface area contributed by atoms with Crippen LogP contribution in [0.1, 0.15) is 36.1 Å². The summed E-state index contributed by atoms with van der Waals surface area (Å²) in [4.78, 5) is 28.1. The van der Waals surface area contributed by atoms with E-state index >= 15 is 0 Å². The number of hydrogen-bond acceptors (Lipinski definition) is 8. The van der Waals surface area contributed by atoms with Crippen LogP contribution in [0, 0.1) is 5.82 Å². The summed E-state index contributed by atoms with van der Waals surface area (Å²) in [6.07, 6.45) is 0.835. The van der Waals surface area contributed by atoms with Crippen LogP contribution >= 0.6 is 46.3 Å². The van der Waals surface area contributed by atoms with Crippen LogP contribution in [0.15, 0.2) is 76.6 Å². The average molecular weight is 631 g/mol. The summed E-state index contributed by atoms with van der Waals surface area (Å²) in [6, 6.07) is 16.5. The van der Waals surface area contributed by atoms with Crippen molar-refractivity contribution in [2.24, 2.45) is 0 Å². The Balaban J connectivity index is 1.54. The maximum atomic E-state index is 14.1. The Morgan fingerprint density at radius 1 is 1.10 bits per heavy atom. The lowest BCUT2D eigenvalue weighted by molar-refractivity contribution is -0.132. The monoisotopic (exact) mass is 629 g/mol. The second-order valence-corrected chi connectivity index (χ2v) is 12.0. The van der Waals surface area contributed by atoms with Crippen LogP contribution in [0.4, 0.5) is 9.52 Å². The van der Waals surface area contributed by atoms with Gasteiger partial charge in [0.05, 0.1) is 18.2 Å². The Bertz CT molecular complexity index is 1650. The lowest BCUT2D eigenvalue weighted by Crippen LogP contribution is -2.29. The first-order valence-corrected chi connectivity index (χ1v) is 15.0. The number of hydrogen-bond donors (Lipinski definition) is 1. The van der Waals surface area contributed by atoms with Gasteiger partial charge in [-0.15, -0.1) is 10.2 Å². The van der Waals surface area contributed by atoms with Gasteiger partial charge in [-0.3, -0.25) is 14.5 Å². The van der Waals surface area contributed by atoms with Gasteiger partial charge < -0.3 is 9.84 Å². The first-order chi connectivity index (χ1) is 19.8. The van der Waals surface area contributed by atoms with E-state index in [4.69, 9.17) is 27.9 Å². The molecule has 1 atom stereocenters. The molecule has 1 aliphatic rings. The lowest BCUT2D eigenvalue weighted by Gasteiger charge is -2.23. The van der Waals surface area contributed by atoms with E-state index in [1.54, 1.807) is 54.6 Å². The number of ether oxygens (including phenoxy) is 1. The van der Waals surface area contributed by atoms with Crippen molar-refractivity contribution in [3.63, 3.8) is 0 Å². The zero-order chi connectivity index (χ0) is 29.1. The lowest BCUT2D eigenvalue weighted by atomic mass is 9.95. The first-order valence-electron chi connectivity index (χ1n) is 12.5. The molecular weight excluding hydrogens is 608 g/mol. The molecule has 1 unspecified atom stereocenters. The summed E-state index contributed by atoms with van der Waals surface area (Å²) in [7, 11) is 0. The Morgan fingerprint density at radius 2 is 1.85 bits per heavy atom. The highest BCUT2D eigenvalue weighted by Gasteiger charge is 2.49. The molecule has 0 radical (unpaired) electrons. The third-order valence-electron chi connectivity index (χ3n) is 6.21. The first kappa shape index (κ1) is 29.1. The fourth-order valence-electron chi connectivity index (χ4n) is 4.24. The topological polar surface area (TPSA) is 92.6 Å². The minimum Gasteiger partial charge on any atom is -0.507 e. The standard InChI is InChI=1S/C29H22Cl2FN3O4S2/c1-2-13-39-19-10-7-16(8-11-19)25(36)23-24(20-12-9-18(30)14-21(20)31)35(27(38)26(23)37)28-33-34-29(41-28)40-15-17-5-3-4-6-22(17)32/h3-12,14,24,36H,2,13,15H2,1H3/b25-23-.